The first-order valence-electron chi connectivity index (χ1n) is 15.1. The lowest BCUT2D eigenvalue weighted by Gasteiger charge is -2.43. The third kappa shape index (κ3) is 4.16. The van der Waals surface area contributed by atoms with Crippen molar-refractivity contribution in [2.75, 3.05) is 19.0 Å². The van der Waals surface area contributed by atoms with E-state index in [2.05, 4.69) is 115 Å². The van der Waals surface area contributed by atoms with Crippen LogP contribution >= 0.6 is 0 Å². The fourth-order valence-corrected chi connectivity index (χ4v) is 10.5. The summed E-state index contributed by atoms with van der Waals surface area (Å²) in [6, 6.07) is 13.5. The van der Waals surface area contributed by atoms with Crippen molar-refractivity contribution in [3.63, 3.8) is 0 Å². The van der Waals surface area contributed by atoms with Crippen LogP contribution in [0.5, 0.6) is 0 Å². The first kappa shape index (κ1) is 29.8. The number of nitrogens with zero attached hydrogens (tertiary/aromatic N) is 2. The molecule has 0 radical (unpaired) electrons. The van der Waals surface area contributed by atoms with Gasteiger partial charge in [0.05, 0.1) is 16.7 Å². The minimum Gasteiger partial charge on any atom is -0.478 e. The second-order valence-electron chi connectivity index (χ2n) is 14.3. The van der Waals surface area contributed by atoms with Crippen LogP contribution < -0.4 is 30.4 Å². The SMILES string of the molecule is CC1=CC(C)(C)N(C)c2cc3c(cc21)C(c1cc(C(=O)O)ccc1C(=O)O)=c1cc2c(cc1[Si]3(C)C)=[N+](C)C(C)(C)C=C2C. The Hall–Kier alpha value is -4.23. The molecule has 0 aromatic heterocycles. The summed E-state index contributed by atoms with van der Waals surface area (Å²) in [4.78, 5) is 27.2. The molecule has 0 amide bonds. The summed E-state index contributed by atoms with van der Waals surface area (Å²) in [5, 5.41) is 25.0. The minimum absolute atomic E-state index is 0.0636. The summed E-state index contributed by atoms with van der Waals surface area (Å²) in [7, 11) is 1.88. The van der Waals surface area contributed by atoms with Gasteiger partial charge in [0.25, 0.3) is 0 Å². The van der Waals surface area contributed by atoms with Gasteiger partial charge < -0.3 is 15.1 Å². The van der Waals surface area contributed by atoms with E-state index in [1.54, 1.807) is 6.07 Å². The highest BCUT2D eigenvalue weighted by atomic mass is 28.3. The monoisotopic (exact) mass is 605 g/mol. The Balaban J connectivity index is 1.87. The Kier molecular flexibility index (Phi) is 6.36. The van der Waals surface area contributed by atoms with Gasteiger partial charge in [-0.25, -0.2) is 14.2 Å². The summed E-state index contributed by atoms with van der Waals surface area (Å²) in [5.41, 5.74) is 7.74. The molecule has 0 atom stereocenters. The lowest BCUT2D eigenvalue weighted by molar-refractivity contribution is 0.0681. The van der Waals surface area contributed by atoms with E-state index in [9.17, 15) is 19.8 Å². The molecule has 7 heteroatoms. The molecule has 0 bridgehead atoms. The number of hydrogen-bond donors (Lipinski definition) is 2. The quantitative estimate of drug-likeness (QED) is 0.342. The molecule has 0 spiro atoms. The number of rotatable bonds is 3. The van der Waals surface area contributed by atoms with E-state index in [1.807, 2.05) is 0 Å². The number of likely N-dealkylation sites (N-methyl/N-ethyl adjacent to an activating group) is 2. The van der Waals surface area contributed by atoms with E-state index in [4.69, 9.17) is 0 Å². The van der Waals surface area contributed by atoms with Crippen molar-refractivity contribution in [1.82, 2.24) is 4.58 Å². The van der Waals surface area contributed by atoms with Crippen LogP contribution in [0.15, 0.2) is 54.6 Å². The Bertz CT molecular complexity index is 2050. The standard InChI is InChI=1S/C37H40N2O4Si/c1-20-18-36(3,4)38(7)29-16-31-27(14-24(20)29)33(26-13-22(34(40)41)11-12-23(26)35(42)43)28-15-25-21(2)19-37(5,6)39(8)30(25)17-32(28)44(31,9)10/h11-19H,1-10H3,(H-,40,41,42,43)/p+1. The molecule has 3 aromatic carbocycles. The largest absolute Gasteiger partial charge is 0.478 e. The molecule has 2 N–H and O–H groups in total. The van der Waals surface area contributed by atoms with Gasteiger partial charge in [0, 0.05) is 43.8 Å². The molecule has 3 heterocycles. The number of benzene rings is 3. The zero-order valence-electron chi connectivity index (χ0n) is 27.3. The molecule has 3 aliphatic rings. The maximum Gasteiger partial charge on any atom is 0.336 e. The summed E-state index contributed by atoms with van der Waals surface area (Å²) in [5.74, 6) is -2.17. The summed E-state index contributed by atoms with van der Waals surface area (Å²) >= 11 is 0. The van der Waals surface area contributed by atoms with Gasteiger partial charge in [-0.05, 0) is 114 Å². The smallest absolute Gasteiger partial charge is 0.336 e. The number of aromatic carboxylic acids is 2. The second-order valence-corrected chi connectivity index (χ2v) is 18.6. The fraction of sp³-hybridized carbons (Fsp3) is 0.324. The average Bonchev–Trinajstić information content (AvgIpc) is 2.93. The van der Waals surface area contributed by atoms with Gasteiger partial charge in [0.15, 0.2) is 5.54 Å². The highest BCUT2D eigenvalue weighted by molar-refractivity contribution is 7.01. The Morgan fingerprint density at radius 2 is 1.45 bits per heavy atom. The third-order valence-corrected chi connectivity index (χ3v) is 13.9. The minimum atomic E-state index is -2.38. The molecule has 3 aromatic rings. The van der Waals surface area contributed by atoms with Gasteiger partial charge in [-0.3, -0.25) is 0 Å². The van der Waals surface area contributed by atoms with Crippen LogP contribution in [0.1, 0.15) is 84.5 Å². The maximum absolute atomic E-state index is 12.7. The number of carbonyl (C=O) groups is 2. The van der Waals surface area contributed by atoms with Crippen molar-refractivity contribution in [3.8, 4) is 0 Å². The number of allylic oxidation sites excluding steroid dienone is 2. The first-order chi connectivity index (χ1) is 20.4. The molecule has 0 saturated heterocycles. The van der Waals surface area contributed by atoms with E-state index in [0.29, 0.717) is 5.56 Å². The lowest BCUT2D eigenvalue weighted by atomic mass is 9.84. The molecule has 44 heavy (non-hydrogen) atoms. The summed E-state index contributed by atoms with van der Waals surface area (Å²) in [6.07, 6.45) is 4.55. The van der Waals surface area contributed by atoms with Crippen LogP contribution in [0.3, 0.4) is 0 Å². The van der Waals surface area contributed by atoms with E-state index in [1.165, 1.54) is 33.7 Å². The molecule has 0 fully saturated rings. The van der Waals surface area contributed by atoms with Crippen LogP contribution in [-0.4, -0.2) is 55.4 Å². The number of fused-ring (bicyclic) bond motifs is 4. The molecular weight excluding hydrogens is 565 g/mol. The van der Waals surface area contributed by atoms with Crippen molar-refractivity contribution >= 4 is 52.8 Å². The number of carboxylic acids is 2. The van der Waals surface area contributed by atoms with Crippen molar-refractivity contribution in [2.45, 2.75) is 65.7 Å². The van der Waals surface area contributed by atoms with E-state index in [-0.39, 0.29) is 22.2 Å². The fourth-order valence-electron chi connectivity index (χ4n) is 7.49. The summed E-state index contributed by atoms with van der Waals surface area (Å²) in [6.45, 7) is 17.9. The molecule has 226 valence electrons. The number of carboxylic acid groups (broad SMARTS) is 2. The zero-order chi connectivity index (χ0) is 32.3. The Morgan fingerprint density at radius 1 is 0.795 bits per heavy atom. The average molecular weight is 606 g/mol. The predicted octanol–water partition coefficient (Wildman–Crippen LogP) is 4.41. The lowest BCUT2D eigenvalue weighted by Crippen LogP contribution is -2.64. The van der Waals surface area contributed by atoms with Crippen LogP contribution in [0.2, 0.25) is 13.1 Å². The zero-order valence-corrected chi connectivity index (χ0v) is 28.3. The van der Waals surface area contributed by atoms with E-state index < -0.39 is 20.0 Å². The van der Waals surface area contributed by atoms with Crippen LogP contribution in [-0.2, 0) is 0 Å². The van der Waals surface area contributed by atoms with E-state index >= 15 is 0 Å². The topological polar surface area (TPSA) is 80.9 Å². The van der Waals surface area contributed by atoms with Gasteiger partial charge >= 0.3 is 11.9 Å². The van der Waals surface area contributed by atoms with Gasteiger partial charge in [0.2, 0.25) is 5.36 Å². The molecule has 0 unspecified atom stereocenters. The van der Waals surface area contributed by atoms with Gasteiger partial charge in [-0.15, -0.1) is 0 Å². The van der Waals surface area contributed by atoms with E-state index in [0.717, 1.165) is 38.5 Å². The normalized spacial score (nSPS) is 18.8. The van der Waals surface area contributed by atoms with Crippen molar-refractivity contribution < 1.29 is 19.8 Å². The Morgan fingerprint density at radius 3 is 2.09 bits per heavy atom. The van der Waals surface area contributed by atoms with Gasteiger partial charge in [-0.1, -0.05) is 19.2 Å². The summed E-state index contributed by atoms with van der Waals surface area (Å²) < 4.78 is 2.32. The molecule has 6 nitrogen and oxygen atoms in total. The van der Waals surface area contributed by atoms with Crippen molar-refractivity contribution in [2.24, 2.45) is 0 Å². The molecule has 0 aliphatic carbocycles. The second kappa shape index (κ2) is 9.38. The van der Waals surface area contributed by atoms with Crippen LogP contribution in [0, 0.1) is 0 Å². The highest BCUT2D eigenvalue weighted by Crippen LogP contribution is 2.40. The molecule has 0 saturated carbocycles. The van der Waals surface area contributed by atoms with Crippen LogP contribution in [0.4, 0.5) is 5.69 Å². The molecular formula is C37H41N2O4Si+. The highest BCUT2D eigenvalue weighted by Gasteiger charge is 2.41. The number of anilines is 1. The first-order valence-corrected chi connectivity index (χ1v) is 18.1. The predicted molar refractivity (Wildman–Crippen MR) is 182 cm³/mol. The molecule has 3 aliphatic heterocycles. The van der Waals surface area contributed by atoms with Gasteiger partial charge in [0.1, 0.15) is 15.1 Å². The third-order valence-electron chi connectivity index (χ3n) is 10.4. The van der Waals surface area contributed by atoms with Crippen molar-refractivity contribution in [1.29, 1.82) is 0 Å². The molecule has 6 rings (SSSR count). The Labute approximate surface area is 260 Å². The maximum atomic E-state index is 12.7. The van der Waals surface area contributed by atoms with Gasteiger partial charge in [-0.2, -0.15) is 0 Å². The van der Waals surface area contributed by atoms with Crippen molar-refractivity contribution in [3.05, 3.63) is 98.6 Å². The van der Waals surface area contributed by atoms with Crippen LogP contribution in [0.25, 0.3) is 16.7 Å². The number of hydrogen-bond acceptors (Lipinski definition) is 3.